The molecule has 0 saturated heterocycles. The lowest BCUT2D eigenvalue weighted by Gasteiger charge is -2.14. The zero-order chi connectivity index (χ0) is 15.0. The van der Waals surface area contributed by atoms with Crippen molar-refractivity contribution in [2.45, 2.75) is 6.42 Å². The highest BCUT2D eigenvalue weighted by Gasteiger charge is 2.08. The van der Waals surface area contributed by atoms with Gasteiger partial charge in [-0.15, -0.1) is 0 Å². The number of carbonyl (C=O) groups excluding carboxylic acids is 2. The lowest BCUT2D eigenvalue weighted by molar-refractivity contribution is -0.117. The van der Waals surface area contributed by atoms with Crippen LogP contribution in [-0.2, 0) is 9.53 Å². The molecule has 0 saturated carbocycles. The standard InChI is InChI=1S/C14H17N3O3/c1-17(9-3-8-15)10-13(18)16-12-6-4-11(5-7-12)14(19)20-2/h4-7H,3,9-10H2,1-2H3,(H,16,18). The van der Waals surface area contributed by atoms with Crippen LogP contribution in [0.5, 0.6) is 0 Å². The van der Waals surface area contributed by atoms with Crippen LogP contribution in [-0.4, -0.2) is 44.0 Å². The maximum Gasteiger partial charge on any atom is 0.337 e. The summed E-state index contributed by atoms with van der Waals surface area (Å²) in [6.45, 7) is 0.756. The van der Waals surface area contributed by atoms with Gasteiger partial charge in [0, 0.05) is 18.7 Å². The molecule has 0 heterocycles. The van der Waals surface area contributed by atoms with E-state index in [-0.39, 0.29) is 12.5 Å². The van der Waals surface area contributed by atoms with Crippen LogP contribution in [0, 0.1) is 11.3 Å². The van der Waals surface area contributed by atoms with Crippen LogP contribution in [0.2, 0.25) is 0 Å². The number of esters is 1. The van der Waals surface area contributed by atoms with Crippen LogP contribution >= 0.6 is 0 Å². The Morgan fingerprint density at radius 3 is 2.55 bits per heavy atom. The number of nitrogens with zero attached hydrogens (tertiary/aromatic N) is 2. The van der Waals surface area contributed by atoms with Crippen molar-refractivity contribution in [2.75, 3.05) is 32.6 Å². The summed E-state index contributed by atoms with van der Waals surface area (Å²) in [6, 6.07) is 8.47. The average Bonchev–Trinajstić information content (AvgIpc) is 2.45. The molecule has 6 nitrogen and oxygen atoms in total. The van der Waals surface area contributed by atoms with E-state index in [4.69, 9.17) is 5.26 Å². The quantitative estimate of drug-likeness (QED) is 0.790. The van der Waals surface area contributed by atoms with Crippen LogP contribution in [0.3, 0.4) is 0 Å². The number of amides is 1. The summed E-state index contributed by atoms with van der Waals surface area (Å²) in [5.41, 5.74) is 1.04. The van der Waals surface area contributed by atoms with Gasteiger partial charge in [-0.05, 0) is 31.3 Å². The first-order chi connectivity index (χ1) is 9.56. The predicted octanol–water partition coefficient (Wildman–Crippen LogP) is 1.26. The maximum absolute atomic E-state index is 11.7. The van der Waals surface area contributed by atoms with Gasteiger partial charge in [0.25, 0.3) is 0 Å². The van der Waals surface area contributed by atoms with Crippen molar-refractivity contribution >= 4 is 17.6 Å². The number of nitrogens with one attached hydrogen (secondary N) is 1. The Labute approximate surface area is 117 Å². The van der Waals surface area contributed by atoms with E-state index in [2.05, 4.69) is 10.1 Å². The Balaban J connectivity index is 2.50. The molecule has 0 fully saturated rings. The molecule has 0 aliphatic rings. The van der Waals surface area contributed by atoms with Gasteiger partial charge < -0.3 is 10.1 Å². The SMILES string of the molecule is COC(=O)c1ccc(NC(=O)CN(C)CCC#N)cc1. The van der Waals surface area contributed by atoms with Gasteiger partial charge in [-0.25, -0.2) is 4.79 Å². The van der Waals surface area contributed by atoms with Gasteiger partial charge in [0.2, 0.25) is 5.91 Å². The zero-order valence-electron chi connectivity index (χ0n) is 11.5. The lowest BCUT2D eigenvalue weighted by atomic mass is 10.2. The molecule has 0 spiro atoms. The van der Waals surface area contributed by atoms with Gasteiger partial charge in [0.15, 0.2) is 0 Å². The molecule has 1 amide bonds. The van der Waals surface area contributed by atoms with Crippen LogP contribution in [0.1, 0.15) is 16.8 Å². The minimum Gasteiger partial charge on any atom is -0.465 e. The summed E-state index contributed by atoms with van der Waals surface area (Å²) in [5, 5.41) is 11.2. The number of anilines is 1. The summed E-state index contributed by atoms with van der Waals surface area (Å²) in [7, 11) is 3.09. The summed E-state index contributed by atoms with van der Waals surface area (Å²) >= 11 is 0. The van der Waals surface area contributed by atoms with Crippen LogP contribution in [0.25, 0.3) is 0 Å². The number of nitriles is 1. The molecule has 0 aliphatic carbocycles. The van der Waals surface area contributed by atoms with E-state index in [1.807, 2.05) is 6.07 Å². The van der Waals surface area contributed by atoms with E-state index in [1.165, 1.54) is 7.11 Å². The highest BCUT2D eigenvalue weighted by Crippen LogP contribution is 2.10. The first-order valence-electron chi connectivity index (χ1n) is 6.10. The third kappa shape index (κ3) is 5.08. The molecule has 20 heavy (non-hydrogen) atoms. The number of methoxy groups -OCH3 is 1. The van der Waals surface area contributed by atoms with Crippen molar-refractivity contribution in [3.63, 3.8) is 0 Å². The van der Waals surface area contributed by atoms with Crippen molar-refractivity contribution in [1.82, 2.24) is 4.90 Å². The molecule has 0 radical (unpaired) electrons. The summed E-state index contributed by atoms with van der Waals surface area (Å²) < 4.78 is 4.59. The first kappa shape index (κ1) is 15.7. The molecule has 0 unspecified atom stereocenters. The Bertz CT molecular complexity index is 505. The molecular weight excluding hydrogens is 258 g/mol. The van der Waals surface area contributed by atoms with Gasteiger partial charge in [-0.3, -0.25) is 9.69 Å². The lowest BCUT2D eigenvalue weighted by Crippen LogP contribution is -2.30. The van der Waals surface area contributed by atoms with E-state index in [0.717, 1.165) is 0 Å². The van der Waals surface area contributed by atoms with Crippen LogP contribution in [0.4, 0.5) is 5.69 Å². The Kier molecular flexibility index (Phi) is 6.20. The number of ether oxygens (including phenoxy) is 1. The summed E-state index contributed by atoms with van der Waals surface area (Å²) in [4.78, 5) is 24.7. The van der Waals surface area contributed by atoms with Gasteiger partial charge in [-0.1, -0.05) is 0 Å². The van der Waals surface area contributed by atoms with Crippen molar-refractivity contribution in [3.05, 3.63) is 29.8 Å². The van der Waals surface area contributed by atoms with Crippen molar-refractivity contribution < 1.29 is 14.3 Å². The molecule has 1 rings (SSSR count). The molecule has 0 bridgehead atoms. The van der Waals surface area contributed by atoms with E-state index in [1.54, 1.807) is 36.2 Å². The zero-order valence-corrected chi connectivity index (χ0v) is 11.5. The molecule has 0 aliphatic heterocycles. The second-order valence-corrected chi connectivity index (χ2v) is 4.26. The normalized spacial score (nSPS) is 9.90. The maximum atomic E-state index is 11.7. The smallest absolute Gasteiger partial charge is 0.337 e. The highest BCUT2D eigenvalue weighted by atomic mass is 16.5. The molecule has 0 atom stereocenters. The summed E-state index contributed by atoms with van der Waals surface area (Å²) in [6.07, 6.45) is 0.387. The average molecular weight is 275 g/mol. The van der Waals surface area contributed by atoms with Gasteiger partial charge >= 0.3 is 5.97 Å². The van der Waals surface area contributed by atoms with Crippen LogP contribution < -0.4 is 5.32 Å². The molecule has 1 aromatic rings. The van der Waals surface area contributed by atoms with Gasteiger partial charge in [0.05, 0.1) is 25.3 Å². The van der Waals surface area contributed by atoms with Crippen molar-refractivity contribution in [3.8, 4) is 6.07 Å². The second kappa shape index (κ2) is 7.92. The molecule has 0 aromatic heterocycles. The van der Waals surface area contributed by atoms with Crippen LogP contribution in [0.15, 0.2) is 24.3 Å². The number of rotatable bonds is 6. The molecule has 106 valence electrons. The van der Waals surface area contributed by atoms with E-state index < -0.39 is 5.97 Å². The fourth-order valence-electron chi connectivity index (χ4n) is 1.57. The number of hydrogen-bond acceptors (Lipinski definition) is 5. The number of benzene rings is 1. The minimum absolute atomic E-state index is 0.170. The molecule has 6 heteroatoms. The third-order valence-corrected chi connectivity index (χ3v) is 2.61. The monoisotopic (exact) mass is 275 g/mol. The minimum atomic E-state index is -0.417. The van der Waals surface area contributed by atoms with Crippen molar-refractivity contribution in [2.24, 2.45) is 0 Å². The fourth-order valence-corrected chi connectivity index (χ4v) is 1.57. The predicted molar refractivity (Wildman–Crippen MR) is 74.1 cm³/mol. The topological polar surface area (TPSA) is 82.4 Å². The van der Waals surface area contributed by atoms with E-state index >= 15 is 0 Å². The Morgan fingerprint density at radius 2 is 2.00 bits per heavy atom. The third-order valence-electron chi connectivity index (χ3n) is 2.61. The summed E-state index contributed by atoms with van der Waals surface area (Å²) in [5.74, 6) is -0.588. The van der Waals surface area contributed by atoms with Gasteiger partial charge in [0.1, 0.15) is 0 Å². The van der Waals surface area contributed by atoms with Gasteiger partial charge in [-0.2, -0.15) is 5.26 Å². The molecule has 1 aromatic carbocycles. The molecular formula is C14H17N3O3. The Morgan fingerprint density at radius 1 is 1.35 bits per heavy atom. The fraction of sp³-hybridized carbons (Fsp3) is 0.357. The molecule has 1 N–H and O–H groups in total. The largest absolute Gasteiger partial charge is 0.465 e. The number of hydrogen-bond donors (Lipinski definition) is 1. The van der Waals surface area contributed by atoms with Crippen molar-refractivity contribution in [1.29, 1.82) is 5.26 Å². The van der Waals surface area contributed by atoms with E-state index in [9.17, 15) is 9.59 Å². The number of carbonyl (C=O) groups is 2. The first-order valence-corrected chi connectivity index (χ1v) is 6.10. The highest BCUT2D eigenvalue weighted by molar-refractivity contribution is 5.93. The number of likely N-dealkylation sites (N-methyl/N-ethyl adjacent to an activating group) is 1. The Hall–Kier alpha value is -2.39. The second-order valence-electron chi connectivity index (χ2n) is 4.26. The van der Waals surface area contributed by atoms with E-state index in [0.29, 0.717) is 24.2 Å².